The van der Waals surface area contributed by atoms with E-state index < -0.39 is 11.9 Å². The maximum Gasteiger partial charge on any atom is 0.311 e. The molecule has 4 rings (SSSR count). The Morgan fingerprint density at radius 2 is 1.82 bits per heavy atom. The van der Waals surface area contributed by atoms with Gasteiger partial charge in [-0.3, -0.25) is 14.4 Å². The third-order valence-corrected chi connectivity index (χ3v) is 5.07. The van der Waals surface area contributed by atoms with Crippen molar-refractivity contribution in [3.8, 4) is 11.3 Å². The lowest BCUT2D eigenvalue weighted by molar-refractivity contribution is -0.147. The van der Waals surface area contributed by atoms with Gasteiger partial charge in [0.2, 0.25) is 11.7 Å². The Labute approximate surface area is 162 Å². The average molecular weight is 376 g/mol. The van der Waals surface area contributed by atoms with E-state index in [9.17, 15) is 14.4 Å². The first kappa shape index (κ1) is 18.0. The number of fused-ring (bicyclic) bond motifs is 1. The van der Waals surface area contributed by atoms with Crippen LogP contribution in [0, 0.1) is 5.92 Å². The van der Waals surface area contributed by atoms with Crippen molar-refractivity contribution in [1.29, 1.82) is 0 Å². The van der Waals surface area contributed by atoms with Crippen LogP contribution in [0.25, 0.3) is 22.2 Å². The van der Waals surface area contributed by atoms with Gasteiger partial charge < -0.3 is 14.6 Å². The summed E-state index contributed by atoms with van der Waals surface area (Å²) < 4.78 is 5.27. The second-order valence-electron chi connectivity index (χ2n) is 6.99. The Bertz CT molecular complexity index is 1050. The van der Waals surface area contributed by atoms with Crippen molar-refractivity contribution in [2.45, 2.75) is 6.42 Å². The van der Waals surface area contributed by atoms with Gasteiger partial charge in [-0.05, 0) is 11.6 Å². The van der Waals surface area contributed by atoms with E-state index in [-0.39, 0.29) is 24.7 Å². The first-order valence-corrected chi connectivity index (χ1v) is 9.14. The maximum atomic E-state index is 13.0. The molecule has 2 aromatic carbocycles. The maximum absolute atomic E-state index is 13.0. The minimum absolute atomic E-state index is 0.0868. The molecule has 1 atom stereocenters. The highest BCUT2D eigenvalue weighted by Gasteiger charge is 2.33. The Morgan fingerprint density at radius 1 is 1.11 bits per heavy atom. The lowest BCUT2D eigenvalue weighted by Gasteiger charge is -2.10. The van der Waals surface area contributed by atoms with Crippen LogP contribution >= 0.6 is 0 Å². The fourth-order valence-corrected chi connectivity index (χ4v) is 3.60. The van der Waals surface area contributed by atoms with Crippen LogP contribution in [0.5, 0.6) is 0 Å². The first-order chi connectivity index (χ1) is 13.5. The van der Waals surface area contributed by atoms with Crippen LogP contribution in [-0.2, 0) is 14.3 Å². The monoisotopic (exact) mass is 376 g/mol. The van der Waals surface area contributed by atoms with Gasteiger partial charge >= 0.3 is 5.97 Å². The van der Waals surface area contributed by atoms with Gasteiger partial charge in [0, 0.05) is 30.9 Å². The number of aromatic amines is 1. The zero-order valence-electron chi connectivity index (χ0n) is 15.5. The number of hydrogen-bond acceptors (Lipinski definition) is 4. The van der Waals surface area contributed by atoms with Crippen molar-refractivity contribution in [3.05, 3.63) is 60.2 Å². The van der Waals surface area contributed by atoms with Crippen molar-refractivity contribution in [3.63, 3.8) is 0 Å². The quantitative estimate of drug-likeness (QED) is 0.548. The number of Topliss-reactive ketones (excluding diaryl/α,β-unsaturated/α-hetero) is 1. The topological polar surface area (TPSA) is 79.5 Å². The van der Waals surface area contributed by atoms with Crippen molar-refractivity contribution >= 4 is 28.6 Å². The highest BCUT2D eigenvalue weighted by atomic mass is 16.5. The molecule has 3 aromatic rings. The summed E-state index contributed by atoms with van der Waals surface area (Å²) in [6.45, 7) is -0.0247. The highest BCUT2D eigenvalue weighted by molar-refractivity contribution is 6.14. The molecule has 142 valence electrons. The molecule has 0 saturated carbocycles. The highest BCUT2D eigenvalue weighted by Crippen LogP contribution is 2.30. The number of nitrogens with zero attached hydrogens (tertiary/aromatic N) is 1. The molecular formula is C22H20N2O4. The number of aromatic nitrogens is 1. The van der Waals surface area contributed by atoms with Gasteiger partial charge in [-0.15, -0.1) is 0 Å². The average Bonchev–Trinajstić information content (AvgIpc) is 3.27. The van der Waals surface area contributed by atoms with Crippen LogP contribution in [0.15, 0.2) is 54.6 Å². The largest absolute Gasteiger partial charge is 0.457 e. The third-order valence-electron chi connectivity index (χ3n) is 5.07. The molecule has 2 heterocycles. The molecule has 0 aliphatic carbocycles. The second-order valence-corrected chi connectivity index (χ2v) is 6.99. The molecule has 0 spiro atoms. The fraction of sp³-hybridized carbons (Fsp3) is 0.227. The summed E-state index contributed by atoms with van der Waals surface area (Å²) in [4.78, 5) is 41.7. The molecule has 6 nitrogen and oxygen atoms in total. The zero-order valence-corrected chi connectivity index (χ0v) is 15.5. The van der Waals surface area contributed by atoms with Gasteiger partial charge in [0.1, 0.15) is 0 Å². The lowest BCUT2D eigenvalue weighted by atomic mass is 10.0. The van der Waals surface area contributed by atoms with Gasteiger partial charge in [-0.25, -0.2) is 0 Å². The molecule has 6 heteroatoms. The van der Waals surface area contributed by atoms with Crippen molar-refractivity contribution < 1.29 is 19.1 Å². The summed E-state index contributed by atoms with van der Waals surface area (Å²) in [5.41, 5.74) is 2.95. The predicted octanol–water partition coefficient (Wildman–Crippen LogP) is 3.04. The number of likely N-dealkylation sites (tertiary alicyclic amines) is 1. The summed E-state index contributed by atoms with van der Waals surface area (Å²) in [5.74, 6) is -1.38. The number of rotatable bonds is 5. The lowest BCUT2D eigenvalue weighted by Crippen LogP contribution is -2.24. The van der Waals surface area contributed by atoms with Gasteiger partial charge in [0.15, 0.2) is 6.61 Å². The molecule has 28 heavy (non-hydrogen) atoms. The molecule has 0 bridgehead atoms. The number of esters is 1. The smallest absolute Gasteiger partial charge is 0.311 e. The number of ketones is 1. The Morgan fingerprint density at radius 3 is 2.54 bits per heavy atom. The van der Waals surface area contributed by atoms with E-state index in [0.717, 1.165) is 16.5 Å². The van der Waals surface area contributed by atoms with Crippen LogP contribution in [0.1, 0.15) is 16.8 Å². The molecule has 1 aliphatic rings. The number of para-hydroxylation sites is 1. The number of hydrogen-bond donors (Lipinski definition) is 1. The third kappa shape index (κ3) is 3.29. The molecule has 1 aliphatic heterocycles. The second kappa shape index (κ2) is 7.31. The van der Waals surface area contributed by atoms with Crippen LogP contribution in [0.4, 0.5) is 0 Å². The van der Waals surface area contributed by atoms with Gasteiger partial charge in [0.25, 0.3) is 0 Å². The Hall–Kier alpha value is -3.41. The van der Waals surface area contributed by atoms with Crippen molar-refractivity contribution in [1.82, 2.24) is 9.88 Å². The number of carbonyl (C=O) groups is 3. The van der Waals surface area contributed by atoms with E-state index in [1.807, 2.05) is 54.6 Å². The minimum Gasteiger partial charge on any atom is -0.457 e. The molecule has 0 unspecified atom stereocenters. The standard InChI is InChI=1S/C22H20N2O4/c1-24-12-15(11-19(24)26)22(27)28-13-18(25)20-16-9-5-6-10-17(16)23-21(20)14-7-3-2-4-8-14/h2-10,15,23H,11-13H2,1H3/t15-/m1/s1. The van der Waals surface area contributed by atoms with E-state index in [4.69, 9.17) is 4.74 Å². The molecule has 1 amide bonds. The molecule has 0 radical (unpaired) electrons. The zero-order chi connectivity index (χ0) is 19.7. The number of ether oxygens (including phenoxy) is 1. The summed E-state index contributed by atoms with van der Waals surface area (Å²) in [7, 11) is 1.65. The van der Waals surface area contributed by atoms with Crippen LogP contribution in [0.2, 0.25) is 0 Å². The van der Waals surface area contributed by atoms with E-state index in [0.29, 0.717) is 17.8 Å². The van der Waals surface area contributed by atoms with E-state index in [2.05, 4.69) is 4.98 Å². The summed E-state index contributed by atoms with van der Waals surface area (Å²) in [6.07, 6.45) is 0.131. The van der Waals surface area contributed by atoms with E-state index >= 15 is 0 Å². The molecule has 1 N–H and O–H groups in total. The summed E-state index contributed by atoms with van der Waals surface area (Å²) >= 11 is 0. The summed E-state index contributed by atoms with van der Waals surface area (Å²) in [6, 6.07) is 17.1. The fourth-order valence-electron chi connectivity index (χ4n) is 3.60. The molecule has 1 saturated heterocycles. The molecule has 1 aromatic heterocycles. The number of nitrogens with one attached hydrogen (secondary N) is 1. The number of amides is 1. The normalized spacial score (nSPS) is 16.5. The molecular weight excluding hydrogens is 356 g/mol. The van der Waals surface area contributed by atoms with Crippen LogP contribution < -0.4 is 0 Å². The number of carbonyl (C=O) groups excluding carboxylic acids is 3. The predicted molar refractivity (Wildman–Crippen MR) is 105 cm³/mol. The number of H-pyrrole nitrogens is 1. The Kier molecular flexibility index (Phi) is 4.69. The number of benzene rings is 2. The van der Waals surface area contributed by atoms with Gasteiger partial charge in [0.05, 0.1) is 17.2 Å². The SMILES string of the molecule is CN1C[C@H](C(=O)OCC(=O)c2c(-c3ccccc3)[nH]c3ccccc23)CC1=O. The Balaban J connectivity index is 1.59. The van der Waals surface area contributed by atoms with E-state index in [1.165, 1.54) is 4.90 Å². The molecule has 1 fully saturated rings. The van der Waals surface area contributed by atoms with Crippen LogP contribution in [0.3, 0.4) is 0 Å². The summed E-state index contributed by atoms with van der Waals surface area (Å²) in [5, 5.41) is 0.790. The van der Waals surface area contributed by atoms with Crippen molar-refractivity contribution in [2.75, 3.05) is 20.2 Å². The van der Waals surface area contributed by atoms with Crippen molar-refractivity contribution in [2.24, 2.45) is 5.92 Å². The van der Waals surface area contributed by atoms with E-state index in [1.54, 1.807) is 7.05 Å². The van der Waals surface area contributed by atoms with Gasteiger partial charge in [-0.1, -0.05) is 48.5 Å². The first-order valence-electron chi connectivity index (χ1n) is 9.14. The minimum atomic E-state index is -0.512. The van der Waals surface area contributed by atoms with Gasteiger partial charge in [-0.2, -0.15) is 0 Å². The van der Waals surface area contributed by atoms with Crippen LogP contribution in [-0.4, -0.2) is 47.7 Å².